The Hall–Kier alpha value is -0.960. The van der Waals surface area contributed by atoms with E-state index < -0.39 is 5.02 Å². The minimum absolute atomic E-state index is 0.188. The summed E-state index contributed by atoms with van der Waals surface area (Å²) >= 11 is 0. The van der Waals surface area contributed by atoms with Gasteiger partial charge in [0.05, 0.1) is 13.2 Å². The molecule has 5 N–H and O–H groups in total. The van der Waals surface area contributed by atoms with E-state index in [1.807, 2.05) is 13.8 Å². The van der Waals surface area contributed by atoms with Gasteiger partial charge in [0.2, 0.25) is 0 Å². The third kappa shape index (κ3) is 15.0. The van der Waals surface area contributed by atoms with Crippen molar-refractivity contribution in [2.75, 3.05) is 26.3 Å². The standard InChI is InChI=1S/C10H24N2O2.HN2O2/c1-3-9(7-13)11-5-6-12-10(4-2)8-14;1-2(3)4/h9-14H,3-8H2,1-2H3;(H-,1,3,4)/q;-1/t9-,10-;/m0./s1. The van der Waals surface area contributed by atoms with Gasteiger partial charge < -0.3 is 31.3 Å². The average molecular weight is 265 g/mol. The highest BCUT2D eigenvalue weighted by Gasteiger charge is 2.04. The molecule has 2 atom stereocenters. The Balaban J connectivity index is 0. The van der Waals surface area contributed by atoms with E-state index in [-0.39, 0.29) is 25.3 Å². The first-order valence-electron chi connectivity index (χ1n) is 6.05. The molecule has 18 heavy (non-hydrogen) atoms. The molecule has 0 rings (SSSR count). The first-order chi connectivity index (χ1) is 8.51. The van der Waals surface area contributed by atoms with Gasteiger partial charge in [-0.25, -0.2) is 0 Å². The van der Waals surface area contributed by atoms with Crippen LogP contribution in [0.15, 0.2) is 0 Å². The summed E-state index contributed by atoms with van der Waals surface area (Å²) in [6.45, 7) is 6.13. The van der Waals surface area contributed by atoms with Gasteiger partial charge in [-0.15, -0.1) is 0 Å². The predicted molar refractivity (Wildman–Crippen MR) is 68.0 cm³/mol. The monoisotopic (exact) mass is 265 g/mol. The van der Waals surface area contributed by atoms with Crippen molar-refractivity contribution in [2.45, 2.75) is 38.8 Å². The summed E-state index contributed by atoms with van der Waals surface area (Å²) in [6.07, 6.45) is 1.88. The van der Waals surface area contributed by atoms with E-state index in [1.54, 1.807) is 0 Å². The van der Waals surface area contributed by atoms with Crippen LogP contribution >= 0.6 is 0 Å². The van der Waals surface area contributed by atoms with E-state index in [0.717, 1.165) is 25.9 Å². The molecule has 0 unspecified atom stereocenters. The maximum absolute atomic E-state index is 8.90. The number of rotatable bonds is 9. The van der Waals surface area contributed by atoms with E-state index >= 15 is 0 Å². The zero-order valence-electron chi connectivity index (χ0n) is 11.1. The van der Waals surface area contributed by atoms with Gasteiger partial charge in [0, 0.05) is 25.2 Å². The fourth-order valence-corrected chi connectivity index (χ4v) is 1.23. The molecule has 0 aliphatic carbocycles. The number of hydrogen-bond acceptors (Lipinski definition) is 7. The summed E-state index contributed by atoms with van der Waals surface area (Å²) in [5.74, 6) is 0. The van der Waals surface area contributed by atoms with Gasteiger partial charge in [-0.05, 0) is 18.4 Å². The summed E-state index contributed by atoms with van der Waals surface area (Å²) in [6, 6.07) is 0.400. The van der Waals surface area contributed by atoms with Crippen molar-refractivity contribution >= 4 is 0 Å². The van der Waals surface area contributed by atoms with Crippen molar-refractivity contribution in [3.8, 4) is 0 Å². The number of nitrogens with zero attached hydrogens (tertiary/aromatic N) is 1. The Bertz CT molecular complexity index is 169. The van der Waals surface area contributed by atoms with E-state index in [2.05, 4.69) is 10.6 Å². The van der Waals surface area contributed by atoms with Crippen LogP contribution in [0.25, 0.3) is 0 Å². The SMILES string of the molecule is CC[C@@H](CO)NCCN[C@@H](CC)CO.N=[N+]([O-])[O-]. The van der Waals surface area contributed by atoms with Crippen LogP contribution in [-0.4, -0.2) is 53.6 Å². The van der Waals surface area contributed by atoms with Gasteiger partial charge in [-0.2, -0.15) is 0 Å². The van der Waals surface area contributed by atoms with Crippen LogP contribution in [0.4, 0.5) is 0 Å². The number of aliphatic hydroxyl groups excluding tert-OH is 2. The normalized spacial score (nSPS) is 13.3. The smallest absolute Gasteiger partial charge is 0.0584 e. The lowest BCUT2D eigenvalue weighted by atomic mass is 10.2. The second-order valence-electron chi connectivity index (χ2n) is 3.74. The fraction of sp³-hybridized carbons (Fsp3) is 1.00. The average Bonchev–Trinajstić information content (AvgIpc) is 2.33. The molecular weight excluding hydrogens is 240 g/mol. The molecule has 0 aromatic rings. The number of aliphatic hydroxyl groups is 2. The Kier molecular flexibility index (Phi) is 15.2. The maximum Gasteiger partial charge on any atom is 0.0584 e. The number of nitrogens with one attached hydrogen (secondary N) is 3. The van der Waals surface area contributed by atoms with Crippen LogP contribution in [0.5, 0.6) is 0 Å². The summed E-state index contributed by atoms with van der Waals surface area (Å²) in [7, 11) is 0. The first-order valence-corrected chi connectivity index (χ1v) is 6.05. The zero-order chi connectivity index (χ0) is 14.4. The highest BCUT2D eigenvalue weighted by Crippen LogP contribution is 1.89. The van der Waals surface area contributed by atoms with E-state index in [0.29, 0.717) is 0 Å². The Labute approximate surface area is 108 Å². The molecule has 0 aliphatic rings. The third-order valence-corrected chi connectivity index (χ3v) is 2.42. The summed E-state index contributed by atoms with van der Waals surface area (Å²) in [5.41, 5.74) is 5.31. The van der Waals surface area contributed by atoms with Gasteiger partial charge in [-0.3, -0.25) is 0 Å². The molecule has 0 aliphatic heterocycles. The van der Waals surface area contributed by atoms with Crippen LogP contribution in [-0.2, 0) is 0 Å². The summed E-state index contributed by atoms with van der Waals surface area (Å²) in [4.78, 5) is 0. The molecule has 0 amide bonds. The van der Waals surface area contributed by atoms with Gasteiger partial charge in [0.25, 0.3) is 0 Å². The predicted octanol–water partition coefficient (Wildman–Crippen LogP) is -0.267. The Morgan fingerprint density at radius 2 is 1.28 bits per heavy atom. The van der Waals surface area contributed by atoms with Crippen molar-refractivity contribution in [1.29, 1.82) is 5.53 Å². The molecule has 0 spiro atoms. The van der Waals surface area contributed by atoms with Gasteiger partial charge >= 0.3 is 0 Å². The van der Waals surface area contributed by atoms with Crippen molar-refractivity contribution in [3.05, 3.63) is 10.4 Å². The summed E-state index contributed by atoms with van der Waals surface area (Å²) in [5, 5.41) is 40.0. The minimum atomic E-state index is -1.25. The molecular formula is C10H25N4O4-. The topological polar surface area (TPSA) is 138 Å². The van der Waals surface area contributed by atoms with Crippen LogP contribution in [0.2, 0.25) is 0 Å². The van der Waals surface area contributed by atoms with Gasteiger partial charge in [0.15, 0.2) is 0 Å². The molecule has 0 bridgehead atoms. The van der Waals surface area contributed by atoms with Crippen molar-refractivity contribution in [1.82, 2.24) is 10.6 Å². The molecule has 0 aromatic heterocycles. The van der Waals surface area contributed by atoms with E-state index in [9.17, 15) is 0 Å². The van der Waals surface area contributed by atoms with E-state index in [4.69, 9.17) is 26.2 Å². The van der Waals surface area contributed by atoms with Crippen molar-refractivity contribution in [2.24, 2.45) is 0 Å². The molecule has 8 nitrogen and oxygen atoms in total. The highest BCUT2D eigenvalue weighted by atomic mass is 16.8. The third-order valence-electron chi connectivity index (χ3n) is 2.42. The maximum atomic E-state index is 8.90. The van der Waals surface area contributed by atoms with Gasteiger partial charge in [-0.1, -0.05) is 18.9 Å². The molecule has 0 saturated heterocycles. The Morgan fingerprint density at radius 3 is 1.44 bits per heavy atom. The lowest BCUT2D eigenvalue weighted by Gasteiger charge is -2.17. The molecule has 8 heteroatoms. The first kappa shape index (κ1) is 19.4. The second-order valence-corrected chi connectivity index (χ2v) is 3.74. The molecule has 0 radical (unpaired) electrons. The second kappa shape index (κ2) is 14.1. The van der Waals surface area contributed by atoms with Crippen LogP contribution in [0, 0.1) is 15.9 Å². The molecule has 0 heterocycles. The van der Waals surface area contributed by atoms with Crippen molar-refractivity contribution < 1.29 is 15.2 Å². The largest absolute Gasteiger partial charge is 0.588 e. The molecule has 110 valence electrons. The lowest BCUT2D eigenvalue weighted by molar-refractivity contribution is -0.482. The van der Waals surface area contributed by atoms with E-state index in [1.165, 1.54) is 0 Å². The lowest BCUT2D eigenvalue weighted by Crippen LogP contribution is -2.40. The highest BCUT2D eigenvalue weighted by molar-refractivity contribution is 4.67. The fourth-order valence-electron chi connectivity index (χ4n) is 1.23. The minimum Gasteiger partial charge on any atom is -0.588 e. The molecule has 0 aromatic carbocycles. The molecule has 0 fully saturated rings. The van der Waals surface area contributed by atoms with Crippen LogP contribution in [0.3, 0.4) is 0 Å². The van der Waals surface area contributed by atoms with Gasteiger partial charge in [0.1, 0.15) is 0 Å². The number of hydrogen-bond donors (Lipinski definition) is 5. The Morgan fingerprint density at radius 1 is 1.00 bits per heavy atom. The summed E-state index contributed by atoms with van der Waals surface area (Å²) < 4.78 is 0. The van der Waals surface area contributed by atoms with Crippen molar-refractivity contribution in [3.63, 3.8) is 0 Å². The zero-order valence-corrected chi connectivity index (χ0v) is 11.1. The quantitative estimate of drug-likeness (QED) is 0.221. The van der Waals surface area contributed by atoms with Crippen LogP contribution < -0.4 is 10.6 Å². The molecule has 0 saturated carbocycles. The van der Waals surface area contributed by atoms with Crippen LogP contribution in [0.1, 0.15) is 26.7 Å².